The van der Waals surface area contributed by atoms with Gasteiger partial charge in [-0.05, 0) is 12.1 Å². The van der Waals surface area contributed by atoms with E-state index in [2.05, 4.69) is 10.1 Å². The van der Waals surface area contributed by atoms with Crippen molar-refractivity contribution < 1.29 is 0 Å². The molecule has 0 fully saturated rings. The van der Waals surface area contributed by atoms with Gasteiger partial charge < -0.3 is 5.73 Å². The minimum Gasteiger partial charge on any atom is -0.325 e. The van der Waals surface area contributed by atoms with Gasteiger partial charge in [0.05, 0.1) is 11.9 Å². The number of imidazole rings is 1. The van der Waals surface area contributed by atoms with E-state index in [-0.39, 0.29) is 0 Å². The summed E-state index contributed by atoms with van der Waals surface area (Å²) in [5, 5.41) is 4.05. The zero-order valence-electron chi connectivity index (χ0n) is 5.94. The molecule has 0 aliphatic carbocycles. The van der Waals surface area contributed by atoms with Gasteiger partial charge in [-0.25, -0.2) is 9.50 Å². The Morgan fingerprint density at radius 2 is 2.45 bits per heavy atom. The fourth-order valence-corrected chi connectivity index (χ4v) is 0.978. The smallest absolute Gasteiger partial charge is 0.153 e. The van der Waals surface area contributed by atoms with Crippen molar-refractivity contribution in [3.05, 3.63) is 30.2 Å². The maximum atomic E-state index is 5.41. The quantitative estimate of drug-likeness (QED) is 0.628. The lowest BCUT2D eigenvalue weighted by molar-refractivity contribution is 0.928. The van der Waals surface area contributed by atoms with Gasteiger partial charge in [0.15, 0.2) is 5.65 Å². The van der Waals surface area contributed by atoms with Gasteiger partial charge in [0, 0.05) is 12.7 Å². The molecule has 0 unspecified atom stereocenters. The van der Waals surface area contributed by atoms with E-state index >= 15 is 0 Å². The second-order valence-corrected chi connectivity index (χ2v) is 2.26. The molecular formula is C7H8N4. The summed E-state index contributed by atoms with van der Waals surface area (Å²) in [5.74, 6) is 0. The van der Waals surface area contributed by atoms with Gasteiger partial charge in [0.25, 0.3) is 0 Å². The lowest BCUT2D eigenvalue weighted by atomic mass is 10.5. The van der Waals surface area contributed by atoms with Crippen LogP contribution < -0.4 is 5.73 Å². The van der Waals surface area contributed by atoms with Gasteiger partial charge in [-0.2, -0.15) is 5.10 Å². The molecule has 2 rings (SSSR count). The van der Waals surface area contributed by atoms with E-state index in [1.807, 2.05) is 18.3 Å². The van der Waals surface area contributed by atoms with Crippen molar-refractivity contribution in [2.75, 3.05) is 0 Å². The third-order valence-corrected chi connectivity index (χ3v) is 1.50. The zero-order valence-corrected chi connectivity index (χ0v) is 5.94. The molecule has 0 bridgehead atoms. The van der Waals surface area contributed by atoms with Crippen LogP contribution in [0.3, 0.4) is 0 Å². The predicted molar refractivity (Wildman–Crippen MR) is 40.9 cm³/mol. The highest BCUT2D eigenvalue weighted by Gasteiger charge is 1.97. The molecule has 0 atom stereocenters. The number of nitrogens with zero attached hydrogens (tertiary/aromatic N) is 3. The molecule has 0 amide bonds. The largest absolute Gasteiger partial charge is 0.325 e. The maximum Gasteiger partial charge on any atom is 0.153 e. The predicted octanol–water partition coefficient (Wildman–Crippen LogP) is 0.188. The molecule has 0 spiro atoms. The number of hydrogen-bond acceptors (Lipinski definition) is 3. The van der Waals surface area contributed by atoms with E-state index in [0.29, 0.717) is 6.54 Å². The monoisotopic (exact) mass is 148 g/mol. The van der Waals surface area contributed by atoms with Crippen LogP contribution in [0.1, 0.15) is 5.69 Å². The minimum atomic E-state index is 0.462. The Balaban J connectivity index is 2.69. The van der Waals surface area contributed by atoms with Crippen LogP contribution in [0.25, 0.3) is 5.65 Å². The SMILES string of the molecule is NCc1cn2ncccc2n1. The lowest BCUT2D eigenvalue weighted by Crippen LogP contribution is -1.95. The lowest BCUT2D eigenvalue weighted by Gasteiger charge is -1.85. The van der Waals surface area contributed by atoms with Crippen molar-refractivity contribution in [2.24, 2.45) is 5.73 Å². The second-order valence-electron chi connectivity index (χ2n) is 2.26. The molecule has 2 aromatic heterocycles. The summed E-state index contributed by atoms with van der Waals surface area (Å²) in [6, 6.07) is 3.74. The van der Waals surface area contributed by atoms with Crippen LogP contribution in [-0.4, -0.2) is 14.6 Å². The normalized spacial score (nSPS) is 10.6. The van der Waals surface area contributed by atoms with Crippen LogP contribution in [-0.2, 0) is 6.54 Å². The average Bonchev–Trinajstić information content (AvgIpc) is 2.46. The van der Waals surface area contributed by atoms with Gasteiger partial charge in [-0.15, -0.1) is 0 Å². The van der Waals surface area contributed by atoms with Crippen LogP contribution in [0, 0.1) is 0 Å². The Labute approximate surface area is 63.7 Å². The highest BCUT2D eigenvalue weighted by molar-refractivity contribution is 5.37. The molecule has 4 heteroatoms. The van der Waals surface area contributed by atoms with Crippen molar-refractivity contribution >= 4 is 5.65 Å². The fraction of sp³-hybridized carbons (Fsp3) is 0.143. The Kier molecular flexibility index (Phi) is 1.33. The topological polar surface area (TPSA) is 56.2 Å². The third-order valence-electron chi connectivity index (χ3n) is 1.50. The molecule has 2 aromatic rings. The molecule has 0 aliphatic rings. The Morgan fingerprint density at radius 1 is 1.55 bits per heavy atom. The van der Waals surface area contributed by atoms with Crippen molar-refractivity contribution in [3.63, 3.8) is 0 Å². The van der Waals surface area contributed by atoms with E-state index in [4.69, 9.17) is 5.73 Å². The Morgan fingerprint density at radius 3 is 3.18 bits per heavy atom. The van der Waals surface area contributed by atoms with E-state index in [0.717, 1.165) is 11.3 Å². The van der Waals surface area contributed by atoms with E-state index < -0.39 is 0 Å². The molecule has 0 saturated heterocycles. The van der Waals surface area contributed by atoms with Crippen LogP contribution in [0.15, 0.2) is 24.5 Å². The molecule has 0 radical (unpaired) electrons. The number of hydrogen-bond donors (Lipinski definition) is 1. The molecule has 56 valence electrons. The van der Waals surface area contributed by atoms with Crippen molar-refractivity contribution in [1.29, 1.82) is 0 Å². The Bertz CT molecular complexity index is 332. The fourth-order valence-electron chi connectivity index (χ4n) is 0.978. The van der Waals surface area contributed by atoms with Gasteiger partial charge in [-0.1, -0.05) is 0 Å². The summed E-state index contributed by atoms with van der Waals surface area (Å²) in [7, 11) is 0. The van der Waals surface area contributed by atoms with E-state index in [1.165, 1.54) is 0 Å². The van der Waals surface area contributed by atoms with Gasteiger partial charge >= 0.3 is 0 Å². The molecule has 0 aliphatic heterocycles. The summed E-state index contributed by atoms with van der Waals surface area (Å²) >= 11 is 0. The molecule has 0 aromatic carbocycles. The molecule has 2 heterocycles. The summed E-state index contributed by atoms with van der Waals surface area (Å²) < 4.78 is 1.71. The van der Waals surface area contributed by atoms with Crippen molar-refractivity contribution in [3.8, 4) is 0 Å². The minimum absolute atomic E-state index is 0.462. The standard InChI is InChI=1S/C7H8N4/c8-4-6-5-11-7(10-6)2-1-3-9-11/h1-3,5H,4,8H2. The highest BCUT2D eigenvalue weighted by Crippen LogP contribution is 2.00. The molecule has 0 saturated carbocycles. The first kappa shape index (κ1) is 6.30. The summed E-state index contributed by atoms with van der Waals surface area (Å²) in [5.41, 5.74) is 7.12. The first-order chi connectivity index (χ1) is 5.40. The van der Waals surface area contributed by atoms with Crippen LogP contribution >= 0.6 is 0 Å². The molecule has 2 N–H and O–H groups in total. The van der Waals surface area contributed by atoms with Crippen molar-refractivity contribution in [1.82, 2.24) is 14.6 Å². The Hall–Kier alpha value is -1.42. The molecule has 11 heavy (non-hydrogen) atoms. The van der Waals surface area contributed by atoms with Gasteiger partial charge in [0.2, 0.25) is 0 Å². The molecular weight excluding hydrogens is 140 g/mol. The van der Waals surface area contributed by atoms with Gasteiger partial charge in [0.1, 0.15) is 0 Å². The highest BCUT2D eigenvalue weighted by atomic mass is 15.2. The zero-order chi connectivity index (χ0) is 7.68. The van der Waals surface area contributed by atoms with Crippen LogP contribution in [0.5, 0.6) is 0 Å². The summed E-state index contributed by atoms with van der Waals surface area (Å²) in [6.45, 7) is 0.462. The first-order valence-corrected chi connectivity index (χ1v) is 3.39. The number of nitrogens with two attached hydrogens (primary N) is 1. The molecule has 4 nitrogen and oxygen atoms in total. The number of fused-ring (bicyclic) bond motifs is 1. The first-order valence-electron chi connectivity index (χ1n) is 3.39. The third kappa shape index (κ3) is 0.969. The summed E-state index contributed by atoms with van der Waals surface area (Å²) in [6.07, 6.45) is 3.55. The summed E-state index contributed by atoms with van der Waals surface area (Å²) in [4.78, 5) is 4.21. The van der Waals surface area contributed by atoms with Crippen LogP contribution in [0.4, 0.5) is 0 Å². The van der Waals surface area contributed by atoms with Gasteiger partial charge in [-0.3, -0.25) is 0 Å². The number of rotatable bonds is 1. The maximum absolute atomic E-state index is 5.41. The van der Waals surface area contributed by atoms with Crippen molar-refractivity contribution in [2.45, 2.75) is 6.54 Å². The van der Waals surface area contributed by atoms with E-state index in [9.17, 15) is 0 Å². The second kappa shape index (κ2) is 2.32. The van der Waals surface area contributed by atoms with Crippen LogP contribution in [0.2, 0.25) is 0 Å². The number of aromatic nitrogens is 3. The van der Waals surface area contributed by atoms with E-state index in [1.54, 1.807) is 10.7 Å². The average molecular weight is 148 g/mol.